The van der Waals surface area contributed by atoms with Gasteiger partial charge in [0.1, 0.15) is 6.10 Å². The summed E-state index contributed by atoms with van der Waals surface area (Å²) < 4.78 is 49.5. The molecule has 1 atom stereocenters. The number of anilines is 1. The number of hydrogen-bond acceptors (Lipinski definition) is 12. The van der Waals surface area contributed by atoms with Gasteiger partial charge in [-0.2, -0.15) is 0 Å². The van der Waals surface area contributed by atoms with Crippen LogP contribution in [0.3, 0.4) is 0 Å². The molecule has 2 aliphatic rings. The van der Waals surface area contributed by atoms with Crippen LogP contribution in [0.5, 0.6) is 0 Å². The van der Waals surface area contributed by atoms with E-state index in [1.807, 2.05) is 48.5 Å². The standard InChI is InChI=1S/C46H65N3O12/c50-44(47-20-18-45(51)49-38-41-12-7-6-10-39(41)16-17-40-11-8-9-15-43(40)49)19-22-53-24-26-55-28-30-57-32-34-59-36-37-60-35-33-58-31-29-56-27-25-54-23-21-48-46(52)61-42-13-4-2-1-3-5-14-42/h1-2,6-12,15,42H,3-5,13-14,18-38H2,(H,47,50)(H,48,52)/b2-1+. The van der Waals surface area contributed by atoms with Gasteiger partial charge in [0.05, 0.1) is 118 Å². The van der Waals surface area contributed by atoms with Crippen molar-refractivity contribution in [3.8, 4) is 11.8 Å². The number of allylic oxidation sites excluding steroid dienone is 2. The molecule has 0 aromatic heterocycles. The van der Waals surface area contributed by atoms with Crippen LogP contribution in [0.25, 0.3) is 0 Å². The minimum Gasteiger partial charge on any atom is -0.446 e. The average molecular weight is 852 g/mol. The van der Waals surface area contributed by atoms with Gasteiger partial charge < -0.3 is 58.2 Å². The summed E-state index contributed by atoms with van der Waals surface area (Å²) in [6.45, 7) is 7.90. The second-order valence-corrected chi connectivity index (χ2v) is 14.1. The molecule has 4 rings (SSSR count). The van der Waals surface area contributed by atoms with Crippen LogP contribution in [-0.2, 0) is 58.8 Å². The number of rotatable bonds is 31. The van der Waals surface area contributed by atoms with Crippen LogP contribution < -0.4 is 15.5 Å². The molecule has 0 saturated heterocycles. The second kappa shape index (κ2) is 32.4. The fourth-order valence-electron chi connectivity index (χ4n) is 6.21. The highest BCUT2D eigenvalue weighted by molar-refractivity contribution is 5.95. The molecule has 0 spiro atoms. The number of para-hydroxylation sites is 1. The van der Waals surface area contributed by atoms with Crippen molar-refractivity contribution in [1.29, 1.82) is 0 Å². The number of amides is 3. The molecular weight excluding hydrogens is 787 g/mol. The summed E-state index contributed by atoms with van der Waals surface area (Å²) in [5, 5.41) is 5.56. The third-order valence-corrected chi connectivity index (χ3v) is 9.42. The number of fused-ring (bicyclic) bond motifs is 2. The van der Waals surface area contributed by atoms with Crippen LogP contribution in [-0.4, -0.2) is 143 Å². The van der Waals surface area contributed by atoms with Gasteiger partial charge in [-0.3, -0.25) is 9.59 Å². The Kier molecular flexibility index (Phi) is 26.1. The van der Waals surface area contributed by atoms with Crippen LogP contribution >= 0.6 is 0 Å². The number of benzene rings is 2. The number of carbonyl (C=O) groups is 3. The molecule has 0 fully saturated rings. The van der Waals surface area contributed by atoms with Gasteiger partial charge in [-0.15, -0.1) is 0 Å². The molecule has 0 radical (unpaired) electrons. The van der Waals surface area contributed by atoms with Gasteiger partial charge in [0.2, 0.25) is 11.8 Å². The minimum absolute atomic E-state index is 0.0173. The van der Waals surface area contributed by atoms with E-state index in [4.69, 9.17) is 42.6 Å². The molecule has 2 aromatic carbocycles. The van der Waals surface area contributed by atoms with E-state index in [1.54, 1.807) is 4.90 Å². The van der Waals surface area contributed by atoms with Gasteiger partial charge in [0, 0.05) is 37.1 Å². The van der Waals surface area contributed by atoms with E-state index >= 15 is 0 Å². The Bertz CT molecular complexity index is 1630. The topological polar surface area (TPSA) is 162 Å². The van der Waals surface area contributed by atoms with E-state index in [0.29, 0.717) is 112 Å². The highest BCUT2D eigenvalue weighted by Crippen LogP contribution is 2.26. The molecule has 15 heteroatoms. The predicted molar refractivity (Wildman–Crippen MR) is 229 cm³/mol. The summed E-state index contributed by atoms with van der Waals surface area (Å²) in [5.41, 5.74) is 3.46. The molecule has 1 heterocycles. The van der Waals surface area contributed by atoms with Crippen LogP contribution in [0, 0.1) is 11.8 Å². The van der Waals surface area contributed by atoms with Crippen molar-refractivity contribution in [1.82, 2.24) is 10.6 Å². The largest absolute Gasteiger partial charge is 0.446 e. The van der Waals surface area contributed by atoms with E-state index in [9.17, 15) is 14.4 Å². The van der Waals surface area contributed by atoms with Gasteiger partial charge in [-0.05, 0) is 55.9 Å². The molecule has 15 nitrogen and oxygen atoms in total. The summed E-state index contributed by atoms with van der Waals surface area (Å²) >= 11 is 0. The Balaban J connectivity index is 0.830. The molecule has 1 unspecified atom stereocenters. The zero-order chi connectivity index (χ0) is 42.8. The van der Waals surface area contributed by atoms with Crippen LogP contribution in [0.4, 0.5) is 10.5 Å². The van der Waals surface area contributed by atoms with Crippen LogP contribution in [0.2, 0.25) is 0 Å². The van der Waals surface area contributed by atoms with Crippen molar-refractivity contribution in [3.05, 3.63) is 77.4 Å². The second-order valence-electron chi connectivity index (χ2n) is 14.1. The van der Waals surface area contributed by atoms with Crippen LogP contribution in [0.15, 0.2) is 60.7 Å². The zero-order valence-electron chi connectivity index (χ0n) is 35.6. The first-order chi connectivity index (χ1) is 30.1. The van der Waals surface area contributed by atoms with Gasteiger partial charge >= 0.3 is 6.09 Å². The smallest absolute Gasteiger partial charge is 0.407 e. The summed E-state index contributed by atoms with van der Waals surface area (Å²) in [5.74, 6) is 6.16. The molecule has 1 aliphatic carbocycles. The highest BCUT2D eigenvalue weighted by atomic mass is 16.6. The molecule has 61 heavy (non-hydrogen) atoms. The molecule has 2 N–H and O–H groups in total. The molecule has 0 bridgehead atoms. The normalized spacial score (nSPS) is 15.1. The molecule has 0 saturated carbocycles. The predicted octanol–water partition coefficient (Wildman–Crippen LogP) is 4.58. The minimum atomic E-state index is -0.385. The lowest BCUT2D eigenvalue weighted by atomic mass is 10.0. The van der Waals surface area contributed by atoms with E-state index in [1.165, 1.54) is 0 Å². The maximum atomic E-state index is 13.3. The van der Waals surface area contributed by atoms with E-state index < -0.39 is 0 Å². The monoisotopic (exact) mass is 851 g/mol. The fourth-order valence-corrected chi connectivity index (χ4v) is 6.21. The number of alkyl carbamates (subject to hydrolysis) is 1. The van der Waals surface area contributed by atoms with Gasteiger partial charge in [0.25, 0.3) is 0 Å². The lowest BCUT2D eigenvalue weighted by Crippen LogP contribution is -2.35. The fraction of sp³-hybridized carbons (Fsp3) is 0.587. The number of carbonyl (C=O) groups excluding carboxylic acids is 3. The molecule has 336 valence electrons. The highest BCUT2D eigenvalue weighted by Gasteiger charge is 2.21. The van der Waals surface area contributed by atoms with Crippen molar-refractivity contribution in [2.45, 2.75) is 57.6 Å². The molecule has 3 amide bonds. The van der Waals surface area contributed by atoms with Crippen molar-refractivity contribution < 1.29 is 57.0 Å². The Morgan fingerprint density at radius 3 is 1.72 bits per heavy atom. The first-order valence-corrected chi connectivity index (χ1v) is 21.6. The molecule has 1 aliphatic heterocycles. The van der Waals surface area contributed by atoms with E-state index in [0.717, 1.165) is 54.5 Å². The Morgan fingerprint density at radius 1 is 0.557 bits per heavy atom. The van der Waals surface area contributed by atoms with Gasteiger partial charge in [-0.1, -0.05) is 54.3 Å². The van der Waals surface area contributed by atoms with Crippen molar-refractivity contribution in [3.63, 3.8) is 0 Å². The third kappa shape index (κ3) is 22.3. The third-order valence-electron chi connectivity index (χ3n) is 9.42. The van der Waals surface area contributed by atoms with Gasteiger partial charge in [-0.25, -0.2) is 4.79 Å². The number of hydrogen-bond donors (Lipinski definition) is 2. The summed E-state index contributed by atoms with van der Waals surface area (Å²) in [6.07, 6.45) is 9.11. The van der Waals surface area contributed by atoms with Gasteiger partial charge in [0.15, 0.2) is 0 Å². The van der Waals surface area contributed by atoms with Crippen molar-refractivity contribution in [2.75, 3.05) is 124 Å². The Hall–Kier alpha value is -4.37. The number of nitrogens with one attached hydrogen (secondary N) is 2. The lowest BCUT2D eigenvalue weighted by molar-refractivity contribution is -0.122. The number of ether oxygens (including phenoxy) is 9. The quantitative estimate of drug-likeness (QED) is 0.0619. The maximum absolute atomic E-state index is 13.3. The first kappa shape index (κ1) is 49.3. The summed E-state index contributed by atoms with van der Waals surface area (Å²) in [6, 6.07) is 15.5. The van der Waals surface area contributed by atoms with Crippen LogP contribution in [0.1, 0.15) is 61.6 Å². The van der Waals surface area contributed by atoms with Crippen molar-refractivity contribution >= 4 is 23.6 Å². The van der Waals surface area contributed by atoms with E-state index in [-0.39, 0.29) is 50.0 Å². The average Bonchev–Trinajstić information content (AvgIpc) is 3.25. The Labute approximate surface area is 361 Å². The zero-order valence-corrected chi connectivity index (χ0v) is 35.6. The summed E-state index contributed by atoms with van der Waals surface area (Å²) in [4.78, 5) is 39.3. The lowest BCUT2D eigenvalue weighted by Gasteiger charge is -2.26. The van der Waals surface area contributed by atoms with Crippen molar-refractivity contribution in [2.24, 2.45) is 0 Å². The Morgan fingerprint density at radius 2 is 1.08 bits per heavy atom. The molecule has 2 aromatic rings. The SMILES string of the molecule is O=C(CCOCCOCCOCCOCCOCCOCCOCCOCCNC(=O)OC1CC/C=C/CCC1)NCCC(=O)N1Cc2ccccc2C#Cc2ccccc21. The summed E-state index contributed by atoms with van der Waals surface area (Å²) in [7, 11) is 0. The van der Waals surface area contributed by atoms with E-state index in [2.05, 4.69) is 34.6 Å². The molecular formula is C46H65N3O12. The number of nitrogens with zero attached hydrogens (tertiary/aromatic N) is 1. The first-order valence-electron chi connectivity index (χ1n) is 21.6. The maximum Gasteiger partial charge on any atom is 0.407 e.